The molecule has 0 spiro atoms. The van der Waals surface area contributed by atoms with Gasteiger partial charge >= 0.3 is 0 Å². The molecule has 1 aliphatic rings. The highest BCUT2D eigenvalue weighted by Gasteiger charge is 2.20. The summed E-state index contributed by atoms with van der Waals surface area (Å²) in [5.74, 6) is -1.09. The molecule has 0 unspecified atom stereocenters. The number of sulfone groups is 1. The molecule has 1 heterocycles. The third-order valence-electron chi connectivity index (χ3n) is 4.66. The third-order valence-corrected chi connectivity index (χ3v) is 6.39. The third kappa shape index (κ3) is 5.88. The molecule has 0 aliphatic carbocycles. The van der Waals surface area contributed by atoms with E-state index in [1.807, 2.05) is 0 Å². The molecule has 0 saturated carbocycles. The summed E-state index contributed by atoms with van der Waals surface area (Å²) in [6.07, 6.45) is 1.71. The number of anilines is 1. The van der Waals surface area contributed by atoms with Gasteiger partial charge in [-0.05, 0) is 37.1 Å². The Labute approximate surface area is 170 Å². The molecule has 1 fully saturated rings. The van der Waals surface area contributed by atoms with E-state index >= 15 is 0 Å². The van der Waals surface area contributed by atoms with Crippen LogP contribution in [0.25, 0.3) is 0 Å². The monoisotopic (exact) mass is 416 g/mol. The summed E-state index contributed by atoms with van der Waals surface area (Å²) in [4.78, 5) is 25.0. The zero-order valence-electron chi connectivity index (χ0n) is 16.0. The van der Waals surface area contributed by atoms with E-state index in [-0.39, 0.29) is 29.1 Å². The highest BCUT2D eigenvalue weighted by atomic mass is 32.2. The zero-order chi connectivity index (χ0) is 20.7. The Hall–Kier alpha value is -2.71. The Bertz CT molecular complexity index is 954. The number of para-hydroxylation sites is 1. The summed E-state index contributed by atoms with van der Waals surface area (Å²) < 4.78 is 30.1. The maximum Gasteiger partial charge on any atom is 0.253 e. The molecule has 2 aromatic rings. The second-order valence-electron chi connectivity index (χ2n) is 6.82. The van der Waals surface area contributed by atoms with Crippen LogP contribution in [0.2, 0.25) is 0 Å². The van der Waals surface area contributed by atoms with Gasteiger partial charge in [-0.25, -0.2) is 8.42 Å². The minimum absolute atomic E-state index is 0.0175. The number of carbonyl (C=O) groups excluding carboxylic acids is 2. The van der Waals surface area contributed by atoms with Gasteiger partial charge in [0.1, 0.15) is 0 Å². The second kappa shape index (κ2) is 9.67. The number of nitrogens with one attached hydrogen (secondary N) is 2. The van der Waals surface area contributed by atoms with Crippen LogP contribution in [-0.4, -0.2) is 45.2 Å². The fourth-order valence-corrected chi connectivity index (χ4v) is 4.34. The van der Waals surface area contributed by atoms with Gasteiger partial charge in [-0.15, -0.1) is 0 Å². The molecule has 2 amide bonds. The first kappa shape index (κ1) is 21.0. The minimum atomic E-state index is -3.55. The number of carbonyl (C=O) groups is 2. The van der Waals surface area contributed by atoms with Crippen LogP contribution < -0.4 is 10.6 Å². The van der Waals surface area contributed by atoms with Crippen molar-refractivity contribution in [1.29, 1.82) is 0 Å². The van der Waals surface area contributed by atoms with Crippen LogP contribution in [0.1, 0.15) is 29.6 Å². The van der Waals surface area contributed by atoms with Crippen LogP contribution in [0.15, 0.2) is 59.5 Å². The fourth-order valence-electron chi connectivity index (χ4n) is 3.08. The van der Waals surface area contributed by atoms with Crippen molar-refractivity contribution in [3.63, 3.8) is 0 Å². The average molecular weight is 416 g/mol. The van der Waals surface area contributed by atoms with Crippen LogP contribution in [0.3, 0.4) is 0 Å². The summed E-state index contributed by atoms with van der Waals surface area (Å²) in [6.45, 7) is 1.12. The van der Waals surface area contributed by atoms with Crippen molar-refractivity contribution in [1.82, 2.24) is 5.32 Å². The Kier molecular flexibility index (Phi) is 7.00. The van der Waals surface area contributed by atoms with E-state index in [1.54, 1.807) is 42.5 Å². The van der Waals surface area contributed by atoms with Gasteiger partial charge in [-0.3, -0.25) is 9.59 Å². The SMILES string of the molecule is O=C(CCS(=O)(=O)c1ccccc1)Nc1ccccc1C(=O)NC[C@@H]1CCCO1. The first-order chi connectivity index (χ1) is 14.0. The van der Waals surface area contributed by atoms with E-state index in [0.29, 0.717) is 24.4 Å². The van der Waals surface area contributed by atoms with Gasteiger partial charge in [-0.2, -0.15) is 0 Å². The lowest BCUT2D eigenvalue weighted by Crippen LogP contribution is -2.32. The predicted octanol–water partition coefficient (Wildman–Crippen LogP) is 2.40. The van der Waals surface area contributed by atoms with E-state index in [4.69, 9.17) is 4.74 Å². The summed E-state index contributed by atoms with van der Waals surface area (Å²) in [5, 5.41) is 5.47. The molecule has 1 saturated heterocycles. The molecular formula is C21H24N2O5S. The molecule has 29 heavy (non-hydrogen) atoms. The van der Waals surface area contributed by atoms with E-state index in [1.165, 1.54) is 12.1 Å². The van der Waals surface area contributed by atoms with Gasteiger partial charge in [-0.1, -0.05) is 30.3 Å². The van der Waals surface area contributed by atoms with Crippen molar-refractivity contribution in [2.45, 2.75) is 30.3 Å². The fraction of sp³-hybridized carbons (Fsp3) is 0.333. The maximum absolute atomic E-state index is 12.5. The molecule has 8 heteroatoms. The van der Waals surface area contributed by atoms with Gasteiger partial charge in [0.05, 0.1) is 28.0 Å². The largest absolute Gasteiger partial charge is 0.376 e. The van der Waals surface area contributed by atoms with Crippen LogP contribution >= 0.6 is 0 Å². The van der Waals surface area contributed by atoms with E-state index in [0.717, 1.165) is 12.8 Å². The Morgan fingerprint density at radius 1 is 1.03 bits per heavy atom. The summed E-state index contributed by atoms with van der Waals surface area (Å²) in [5.41, 5.74) is 0.671. The van der Waals surface area contributed by atoms with Crippen LogP contribution in [0, 0.1) is 0 Å². The molecule has 154 valence electrons. The normalized spacial score (nSPS) is 16.3. The summed E-state index contributed by atoms with van der Waals surface area (Å²) in [6, 6.07) is 14.6. The molecule has 0 radical (unpaired) electrons. The highest BCUT2D eigenvalue weighted by molar-refractivity contribution is 7.91. The minimum Gasteiger partial charge on any atom is -0.376 e. The van der Waals surface area contributed by atoms with Gasteiger partial charge in [0.15, 0.2) is 9.84 Å². The molecule has 2 N–H and O–H groups in total. The van der Waals surface area contributed by atoms with Crippen molar-refractivity contribution < 1.29 is 22.7 Å². The van der Waals surface area contributed by atoms with E-state index in [2.05, 4.69) is 10.6 Å². The lowest BCUT2D eigenvalue weighted by Gasteiger charge is -2.14. The number of amides is 2. The van der Waals surface area contributed by atoms with Crippen molar-refractivity contribution in [2.24, 2.45) is 0 Å². The standard InChI is InChI=1S/C21H24N2O5S/c24-20(12-14-29(26,27)17-8-2-1-3-9-17)23-19-11-5-4-10-18(19)21(25)22-15-16-7-6-13-28-16/h1-5,8-11,16H,6-7,12-15H2,(H,22,25)(H,23,24)/t16-/m0/s1. The molecule has 3 rings (SSSR count). The van der Waals surface area contributed by atoms with Gasteiger partial charge in [0.2, 0.25) is 5.91 Å². The molecule has 2 aromatic carbocycles. The number of rotatable bonds is 8. The number of hydrogen-bond acceptors (Lipinski definition) is 5. The first-order valence-corrected chi connectivity index (χ1v) is 11.2. The topological polar surface area (TPSA) is 102 Å². The van der Waals surface area contributed by atoms with Crippen LogP contribution in [-0.2, 0) is 19.4 Å². The van der Waals surface area contributed by atoms with E-state index in [9.17, 15) is 18.0 Å². The number of hydrogen-bond donors (Lipinski definition) is 2. The Morgan fingerprint density at radius 2 is 1.76 bits per heavy atom. The van der Waals surface area contributed by atoms with Crippen LogP contribution in [0.5, 0.6) is 0 Å². The molecule has 0 bridgehead atoms. The first-order valence-electron chi connectivity index (χ1n) is 9.52. The second-order valence-corrected chi connectivity index (χ2v) is 8.93. The molecule has 1 aliphatic heterocycles. The lowest BCUT2D eigenvalue weighted by atomic mass is 10.1. The van der Waals surface area contributed by atoms with Crippen LogP contribution in [0.4, 0.5) is 5.69 Å². The molecule has 0 aromatic heterocycles. The maximum atomic E-state index is 12.5. The summed E-state index contributed by atoms with van der Waals surface area (Å²) in [7, 11) is -3.55. The molecule has 1 atom stereocenters. The van der Waals surface area contributed by atoms with E-state index < -0.39 is 15.7 Å². The van der Waals surface area contributed by atoms with Gasteiger partial charge in [0.25, 0.3) is 5.91 Å². The van der Waals surface area contributed by atoms with Crippen molar-refractivity contribution >= 4 is 27.3 Å². The predicted molar refractivity (Wildman–Crippen MR) is 109 cm³/mol. The zero-order valence-corrected chi connectivity index (χ0v) is 16.8. The number of benzene rings is 2. The Morgan fingerprint density at radius 3 is 2.48 bits per heavy atom. The number of ether oxygens (including phenoxy) is 1. The van der Waals surface area contributed by atoms with Crippen molar-refractivity contribution in [3.05, 3.63) is 60.2 Å². The van der Waals surface area contributed by atoms with Crippen molar-refractivity contribution in [3.8, 4) is 0 Å². The molecule has 7 nitrogen and oxygen atoms in total. The quantitative estimate of drug-likeness (QED) is 0.688. The van der Waals surface area contributed by atoms with Gasteiger partial charge < -0.3 is 15.4 Å². The van der Waals surface area contributed by atoms with Gasteiger partial charge in [0, 0.05) is 19.6 Å². The molecular weight excluding hydrogens is 392 g/mol. The van der Waals surface area contributed by atoms with Crippen molar-refractivity contribution in [2.75, 3.05) is 24.2 Å². The highest BCUT2D eigenvalue weighted by Crippen LogP contribution is 2.17. The Balaban J connectivity index is 1.58. The summed E-state index contributed by atoms with van der Waals surface area (Å²) >= 11 is 0. The average Bonchev–Trinajstić information content (AvgIpc) is 3.25. The smallest absolute Gasteiger partial charge is 0.253 e. The lowest BCUT2D eigenvalue weighted by molar-refractivity contribution is -0.115.